The Balaban J connectivity index is 2.21. The summed E-state index contributed by atoms with van der Waals surface area (Å²) in [6.45, 7) is 4.35. The van der Waals surface area contributed by atoms with Crippen molar-refractivity contribution in [3.63, 3.8) is 0 Å². The molecule has 0 aliphatic heterocycles. The number of hydrogen-bond acceptors (Lipinski definition) is 3. The van der Waals surface area contributed by atoms with Crippen LogP contribution in [-0.4, -0.2) is 28.4 Å². The van der Waals surface area contributed by atoms with Crippen LogP contribution in [0.4, 0.5) is 0 Å². The Morgan fingerprint density at radius 3 is 2.75 bits per heavy atom. The molecule has 0 saturated carbocycles. The van der Waals surface area contributed by atoms with Gasteiger partial charge in [0, 0.05) is 10.9 Å². The van der Waals surface area contributed by atoms with Crippen LogP contribution in [0.15, 0.2) is 6.07 Å². The highest BCUT2D eigenvalue weighted by atomic mass is 32.1. The lowest BCUT2D eigenvalue weighted by Crippen LogP contribution is -2.41. The lowest BCUT2D eigenvalue weighted by molar-refractivity contribution is 0.0741. The van der Waals surface area contributed by atoms with Crippen LogP contribution in [-0.2, 0) is 12.8 Å². The SMILES string of the molecule is CC(C)N(CC(N)=S)C(=O)c1cc2c(s1)CCCCC2. The molecule has 2 N–H and O–H groups in total. The molecule has 5 heteroatoms. The number of carbonyl (C=O) groups is 1. The minimum atomic E-state index is 0.0610. The van der Waals surface area contributed by atoms with Crippen molar-refractivity contribution >= 4 is 34.5 Å². The van der Waals surface area contributed by atoms with Gasteiger partial charge < -0.3 is 10.6 Å². The number of fused-ring (bicyclic) bond motifs is 1. The van der Waals surface area contributed by atoms with Gasteiger partial charge in [-0.05, 0) is 51.2 Å². The minimum Gasteiger partial charge on any atom is -0.392 e. The number of thiophene rings is 1. The molecule has 0 unspecified atom stereocenters. The molecule has 0 aromatic carbocycles. The zero-order valence-corrected chi connectivity index (χ0v) is 13.8. The first-order valence-electron chi connectivity index (χ1n) is 7.20. The lowest BCUT2D eigenvalue weighted by Gasteiger charge is -2.25. The molecule has 0 saturated heterocycles. The summed E-state index contributed by atoms with van der Waals surface area (Å²) in [5, 5.41) is 0. The minimum absolute atomic E-state index is 0.0610. The van der Waals surface area contributed by atoms with Gasteiger partial charge in [-0.15, -0.1) is 11.3 Å². The zero-order valence-electron chi connectivity index (χ0n) is 12.1. The Kier molecular flexibility index (Phi) is 5.16. The monoisotopic (exact) mass is 310 g/mol. The van der Waals surface area contributed by atoms with Crippen molar-refractivity contribution in [3.8, 4) is 0 Å². The van der Waals surface area contributed by atoms with Gasteiger partial charge in [0.2, 0.25) is 0 Å². The Bertz CT molecular complexity index is 484. The summed E-state index contributed by atoms with van der Waals surface area (Å²) >= 11 is 6.61. The van der Waals surface area contributed by atoms with Gasteiger partial charge in [0.1, 0.15) is 0 Å². The topological polar surface area (TPSA) is 46.3 Å². The molecule has 1 aromatic heterocycles. The number of nitrogens with zero attached hydrogens (tertiary/aromatic N) is 1. The molecule has 1 aliphatic carbocycles. The summed E-state index contributed by atoms with van der Waals surface area (Å²) in [6, 6.07) is 2.19. The molecule has 20 heavy (non-hydrogen) atoms. The largest absolute Gasteiger partial charge is 0.392 e. The molecule has 0 radical (unpaired) electrons. The quantitative estimate of drug-likeness (QED) is 0.686. The van der Waals surface area contributed by atoms with Crippen LogP contribution < -0.4 is 5.73 Å². The fourth-order valence-electron chi connectivity index (χ4n) is 2.57. The smallest absolute Gasteiger partial charge is 0.264 e. The predicted octanol–water partition coefficient (Wildman–Crippen LogP) is 3.15. The molecular formula is C15H22N2OS2. The zero-order chi connectivity index (χ0) is 14.7. The van der Waals surface area contributed by atoms with Gasteiger partial charge in [-0.2, -0.15) is 0 Å². The van der Waals surface area contributed by atoms with Crippen molar-refractivity contribution in [1.82, 2.24) is 4.90 Å². The summed E-state index contributed by atoms with van der Waals surface area (Å²) < 4.78 is 0. The maximum Gasteiger partial charge on any atom is 0.264 e. The van der Waals surface area contributed by atoms with Crippen molar-refractivity contribution in [2.75, 3.05) is 6.54 Å². The van der Waals surface area contributed by atoms with Gasteiger partial charge in [0.25, 0.3) is 5.91 Å². The second-order valence-electron chi connectivity index (χ2n) is 5.61. The predicted molar refractivity (Wildman–Crippen MR) is 88.5 cm³/mol. The lowest BCUT2D eigenvalue weighted by atomic mass is 10.1. The summed E-state index contributed by atoms with van der Waals surface area (Å²) in [6.07, 6.45) is 5.99. The molecule has 1 aromatic rings. The van der Waals surface area contributed by atoms with E-state index < -0.39 is 0 Å². The van der Waals surface area contributed by atoms with Crippen LogP contribution in [0.25, 0.3) is 0 Å². The highest BCUT2D eigenvalue weighted by Gasteiger charge is 2.23. The fourth-order valence-corrected chi connectivity index (χ4v) is 3.92. The number of hydrogen-bond donors (Lipinski definition) is 1. The first-order valence-corrected chi connectivity index (χ1v) is 8.42. The normalized spacial score (nSPS) is 14.8. The molecule has 2 rings (SSSR count). The summed E-state index contributed by atoms with van der Waals surface area (Å²) in [4.78, 5) is 17.0. The van der Waals surface area contributed by atoms with Crippen molar-refractivity contribution in [2.24, 2.45) is 5.73 Å². The molecule has 0 bridgehead atoms. The van der Waals surface area contributed by atoms with E-state index in [1.165, 1.54) is 29.7 Å². The molecule has 0 spiro atoms. The molecule has 1 heterocycles. The number of rotatable bonds is 4. The number of aryl methyl sites for hydroxylation is 2. The highest BCUT2D eigenvalue weighted by Crippen LogP contribution is 2.30. The average Bonchev–Trinajstić information content (AvgIpc) is 2.66. The Morgan fingerprint density at radius 1 is 1.40 bits per heavy atom. The van der Waals surface area contributed by atoms with Crippen molar-refractivity contribution < 1.29 is 4.79 Å². The number of thiocarbonyl (C=S) groups is 1. The van der Waals surface area contributed by atoms with E-state index in [4.69, 9.17) is 18.0 Å². The summed E-state index contributed by atoms with van der Waals surface area (Å²) in [7, 11) is 0. The fraction of sp³-hybridized carbons (Fsp3) is 0.600. The molecule has 110 valence electrons. The Labute approximate surface area is 130 Å². The van der Waals surface area contributed by atoms with E-state index in [2.05, 4.69) is 6.07 Å². The maximum atomic E-state index is 12.6. The van der Waals surface area contributed by atoms with E-state index in [0.29, 0.717) is 11.5 Å². The molecule has 0 fully saturated rings. The van der Waals surface area contributed by atoms with Gasteiger partial charge in [-0.1, -0.05) is 18.6 Å². The van der Waals surface area contributed by atoms with Crippen LogP contribution >= 0.6 is 23.6 Å². The molecule has 3 nitrogen and oxygen atoms in total. The van der Waals surface area contributed by atoms with E-state index in [1.54, 1.807) is 16.2 Å². The molecule has 1 amide bonds. The van der Waals surface area contributed by atoms with Gasteiger partial charge >= 0.3 is 0 Å². The van der Waals surface area contributed by atoms with Gasteiger partial charge in [0.05, 0.1) is 16.4 Å². The number of amides is 1. The molecule has 0 atom stereocenters. The summed E-state index contributed by atoms with van der Waals surface area (Å²) in [5.41, 5.74) is 6.98. The third kappa shape index (κ3) is 3.58. The van der Waals surface area contributed by atoms with Crippen molar-refractivity contribution in [3.05, 3.63) is 21.4 Å². The van der Waals surface area contributed by atoms with E-state index in [-0.39, 0.29) is 11.9 Å². The Morgan fingerprint density at radius 2 is 2.10 bits per heavy atom. The van der Waals surface area contributed by atoms with Crippen LogP contribution in [0.2, 0.25) is 0 Å². The van der Waals surface area contributed by atoms with E-state index in [0.717, 1.165) is 17.7 Å². The van der Waals surface area contributed by atoms with E-state index in [1.807, 2.05) is 13.8 Å². The standard InChI is InChI=1S/C15H22N2OS2/c1-10(2)17(9-14(16)19)15(18)13-8-11-6-4-3-5-7-12(11)20-13/h8,10H,3-7,9H2,1-2H3,(H2,16,19). The third-order valence-electron chi connectivity index (χ3n) is 3.67. The average molecular weight is 310 g/mol. The second kappa shape index (κ2) is 6.68. The van der Waals surface area contributed by atoms with Crippen molar-refractivity contribution in [1.29, 1.82) is 0 Å². The first kappa shape index (κ1) is 15.4. The number of nitrogens with two attached hydrogens (primary N) is 1. The highest BCUT2D eigenvalue weighted by molar-refractivity contribution is 7.80. The maximum absolute atomic E-state index is 12.6. The van der Waals surface area contributed by atoms with Crippen LogP contribution in [0.1, 0.15) is 53.2 Å². The van der Waals surface area contributed by atoms with E-state index in [9.17, 15) is 4.79 Å². The van der Waals surface area contributed by atoms with Gasteiger partial charge in [-0.3, -0.25) is 4.79 Å². The van der Waals surface area contributed by atoms with Gasteiger partial charge in [0.15, 0.2) is 0 Å². The molecular weight excluding hydrogens is 288 g/mol. The Hall–Kier alpha value is -0.940. The second-order valence-corrected chi connectivity index (χ2v) is 7.27. The van der Waals surface area contributed by atoms with Crippen LogP contribution in [0.3, 0.4) is 0 Å². The molecule has 1 aliphatic rings. The van der Waals surface area contributed by atoms with E-state index >= 15 is 0 Å². The van der Waals surface area contributed by atoms with Gasteiger partial charge in [-0.25, -0.2) is 0 Å². The van der Waals surface area contributed by atoms with Crippen LogP contribution in [0, 0.1) is 0 Å². The summed E-state index contributed by atoms with van der Waals surface area (Å²) in [5.74, 6) is 0.0610. The number of carbonyl (C=O) groups excluding carboxylic acids is 1. The van der Waals surface area contributed by atoms with Crippen molar-refractivity contribution in [2.45, 2.75) is 52.0 Å². The first-order chi connectivity index (χ1) is 9.49. The third-order valence-corrected chi connectivity index (χ3v) is 5.02. The van der Waals surface area contributed by atoms with Crippen LogP contribution in [0.5, 0.6) is 0 Å².